The Bertz CT molecular complexity index is 532. The molecule has 0 saturated heterocycles. The summed E-state index contributed by atoms with van der Waals surface area (Å²) in [7, 11) is 0. The smallest absolute Gasteiger partial charge is 0.351 e. The van der Waals surface area contributed by atoms with E-state index in [-0.39, 0.29) is 17.4 Å². The van der Waals surface area contributed by atoms with Gasteiger partial charge in [0.1, 0.15) is 0 Å². The Labute approximate surface area is 89.6 Å². The monoisotopic (exact) mass is 221 g/mol. The van der Waals surface area contributed by atoms with Crippen molar-refractivity contribution in [1.82, 2.24) is 5.16 Å². The molecule has 0 saturated carbocycles. The lowest BCUT2D eigenvalue weighted by molar-refractivity contribution is -0.603. The van der Waals surface area contributed by atoms with E-state index >= 15 is 0 Å². The van der Waals surface area contributed by atoms with Gasteiger partial charge in [0.25, 0.3) is 5.69 Å². The van der Waals surface area contributed by atoms with E-state index in [9.17, 15) is 15.3 Å². The maximum absolute atomic E-state index is 11.4. The third-order valence-corrected chi connectivity index (χ3v) is 2.07. The van der Waals surface area contributed by atoms with Gasteiger partial charge in [0, 0.05) is 19.1 Å². The molecule has 2 rings (SSSR count). The maximum atomic E-state index is 11.4. The van der Waals surface area contributed by atoms with Crippen molar-refractivity contribution in [1.29, 1.82) is 0 Å². The van der Waals surface area contributed by atoms with E-state index in [0.29, 0.717) is 10.3 Å². The van der Waals surface area contributed by atoms with Crippen LogP contribution in [0.25, 0.3) is 11.5 Å². The average molecular weight is 221 g/mol. The summed E-state index contributed by atoms with van der Waals surface area (Å²) in [5.74, 6) is 0.209. The number of aromatic nitrogens is 2. The molecule has 0 N–H and O–H groups in total. The topological polar surface area (TPSA) is 96.1 Å². The van der Waals surface area contributed by atoms with Crippen LogP contribution in [0.3, 0.4) is 0 Å². The molecule has 0 fully saturated rings. The van der Waals surface area contributed by atoms with E-state index in [1.54, 1.807) is 0 Å². The fourth-order valence-electron chi connectivity index (χ4n) is 1.23. The van der Waals surface area contributed by atoms with Crippen molar-refractivity contribution in [2.75, 3.05) is 0 Å². The van der Waals surface area contributed by atoms with E-state index in [1.807, 2.05) is 0 Å². The number of rotatable bonds is 2. The fourth-order valence-corrected chi connectivity index (χ4v) is 1.23. The summed E-state index contributed by atoms with van der Waals surface area (Å²) in [5.41, 5.74) is 0.402. The standard InChI is InChI=1S/C9H7N3O4/c1-6-10-16-9(11(6)13)7-2-4-8(5-3-7)12(14)15/h2-5H,1H3. The number of nitrogens with zero attached hydrogens (tertiary/aromatic N) is 3. The molecule has 0 aliphatic rings. The van der Waals surface area contributed by atoms with Gasteiger partial charge in [0.05, 0.1) is 10.5 Å². The van der Waals surface area contributed by atoms with Crippen molar-refractivity contribution in [2.45, 2.75) is 6.92 Å². The molecule has 0 aliphatic carbocycles. The maximum Gasteiger partial charge on any atom is 0.351 e. The van der Waals surface area contributed by atoms with E-state index in [0.717, 1.165) is 0 Å². The van der Waals surface area contributed by atoms with Gasteiger partial charge in [-0.2, -0.15) is 4.73 Å². The summed E-state index contributed by atoms with van der Waals surface area (Å²) >= 11 is 0. The zero-order valence-corrected chi connectivity index (χ0v) is 8.28. The van der Waals surface area contributed by atoms with E-state index in [4.69, 9.17) is 4.52 Å². The Morgan fingerprint density at radius 3 is 2.44 bits per heavy atom. The molecule has 0 bridgehead atoms. The second kappa shape index (κ2) is 3.61. The van der Waals surface area contributed by atoms with Gasteiger partial charge >= 0.3 is 11.7 Å². The Hall–Kier alpha value is -2.44. The van der Waals surface area contributed by atoms with Crippen LogP contribution in [0.5, 0.6) is 0 Å². The van der Waals surface area contributed by atoms with Gasteiger partial charge in [0.15, 0.2) is 5.16 Å². The van der Waals surface area contributed by atoms with Crippen LogP contribution in [0.4, 0.5) is 5.69 Å². The largest absolute Gasteiger partial charge is 0.708 e. The van der Waals surface area contributed by atoms with Crippen LogP contribution in [0, 0.1) is 22.2 Å². The van der Waals surface area contributed by atoms with Gasteiger partial charge in [0.2, 0.25) is 0 Å². The highest BCUT2D eigenvalue weighted by Crippen LogP contribution is 2.19. The predicted octanol–water partition coefficient (Wildman–Crippen LogP) is 1.19. The molecular formula is C9H7N3O4. The number of aryl methyl sites for hydroxylation is 1. The van der Waals surface area contributed by atoms with Crippen LogP contribution >= 0.6 is 0 Å². The van der Waals surface area contributed by atoms with Crippen molar-refractivity contribution in [2.24, 2.45) is 0 Å². The van der Waals surface area contributed by atoms with Crippen molar-refractivity contribution < 1.29 is 14.2 Å². The minimum atomic E-state index is -0.513. The second-order valence-electron chi connectivity index (χ2n) is 3.13. The fraction of sp³-hybridized carbons (Fsp3) is 0.111. The van der Waals surface area contributed by atoms with Crippen molar-refractivity contribution in [3.63, 3.8) is 0 Å². The molecule has 7 nitrogen and oxygen atoms in total. The first kappa shape index (κ1) is 10.1. The molecule has 1 aromatic carbocycles. The molecule has 16 heavy (non-hydrogen) atoms. The third-order valence-electron chi connectivity index (χ3n) is 2.07. The summed E-state index contributed by atoms with van der Waals surface area (Å²) < 4.78 is 5.34. The number of nitro groups is 1. The van der Waals surface area contributed by atoms with Crippen molar-refractivity contribution >= 4 is 5.69 Å². The molecule has 0 radical (unpaired) electrons. The van der Waals surface area contributed by atoms with Crippen LogP contribution < -0.4 is 4.73 Å². The summed E-state index contributed by atoms with van der Waals surface area (Å²) in [5, 5.41) is 25.3. The van der Waals surface area contributed by atoms with Crippen LogP contribution in [-0.2, 0) is 0 Å². The Kier molecular flexibility index (Phi) is 2.28. The zero-order chi connectivity index (χ0) is 11.7. The summed E-state index contributed by atoms with van der Waals surface area (Å²) in [6, 6.07) is 5.47. The number of hydrogen-bond donors (Lipinski definition) is 0. The molecule has 1 heterocycles. The van der Waals surface area contributed by atoms with Gasteiger partial charge < -0.3 is 5.21 Å². The van der Waals surface area contributed by atoms with Crippen LogP contribution in [0.15, 0.2) is 28.8 Å². The van der Waals surface area contributed by atoms with E-state index in [1.165, 1.54) is 31.2 Å². The first-order chi connectivity index (χ1) is 7.59. The highest BCUT2D eigenvalue weighted by atomic mass is 16.6. The Morgan fingerprint density at radius 2 is 2.00 bits per heavy atom. The zero-order valence-electron chi connectivity index (χ0n) is 8.28. The molecule has 0 unspecified atom stereocenters. The molecule has 1 aromatic heterocycles. The molecule has 7 heteroatoms. The number of benzene rings is 1. The molecule has 82 valence electrons. The van der Waals surface area contributed by atoms with Gasteiger partial charge in [-0.25, -0.2) is 4.52 Å². The highest BCUT2D eigenvalue weighted by molar-refractivity contribution is 5.53. The normalized spacial score (nSPS) is 10.3. The highest BCUT2D eigenvalue weighted by Gasteiger charge is 2.17. The second-order valence-corrected chi connectivity index (χ2v) is 3.13. The summed E-state index contributed by atoms with van der Waals surface area (Å²) in [4.78, 5) is 9.91. The SMILES string of the molecule is Cc1noc(-c2ccc([N+](=O)[O-])cc2)[n+]1[O-]. The Morgan fingerprint density at radius 1 is 1.38 bits per heavy atom. The number of nitro benzene ring substituents is 1. The van der Waals surface area contributed by atoms with E-state index in [2.05, 4.69) is 5.16 Å². The van der Waals surface area contributed by atoms with Crippen molar-refractivity contribution in [3.8, 4) is 11.5 Å². The van der Waals surface area contributed by atoms with Crippen LogP contribution in [-0.4, -0.2) is 10.1 Å². The lowest BCUT2D eigenvalue weighted by Crippen LogP contribution is -2.29. The molecule has 2 aromatic rings. The third kappa shape index (κ3) is 1.58. The molecule has 0 spiro atoms. The minimum absolute atomic E-state index is 0.0207. The molecule has 0 atom stereocenters. The van der Waals surface area contributed by atoms with E-state index < -0.39 is 4.92 Å². The van der Waals surface area contributed by atoms with Gasteiger partial charge in [-0.05, 0) is 12.1 Å². The lowest BCUT2D eigenvalue weighted by atomic mass is 10.2. The Balaban J connectivity index is 2.42. The van der Waals surface area contributed by atoms with Gasteiger partial charge in [-0.1, -0.05) is 0 Å². The quantitative estimate of drug-likeness (QED) is 0.328. The van der Waals surface area contributed by atoms with Gasteiger partial charge in [-0.3, -0.25) is 10.1 Å². The van der Waals surface area contributed by atoms with Crippen LogP contribution in [0.1, 0.15) is 5.82 Å². The summed E-state index contributed by atoms with van der Waals surface area (Å²) in [6.07, 6.45) is 0. The lowest BCUT2D eigenvalue weighted by Gasteiger charge is -1.99. The van der Waals surface area contributed by atoms with Gasteiger partial charge in [-0.15, -0.1) is 0 Å². The number of hydrogen-bond acceptors (Lipinski definition) is 5. The van der Waals surface area contributed by atoms with Crippen molar-refractivity contribution in [3.05, 3.63) is 45.4 Å². The first-order valence-electron chi connectivity index (χ1n) is 4.40. The molecule has 0 aliphatic heterocycles. The first-order valence-corrected chi connectivity index (χ1v) is 4.40. The number of non-ortho nitro benzene ring substituents is 1. The molecule has 0 amide bonds. The predicted molar refractivity (Wildman–Crippen MR) is 52.3 cm³/mol. The minimum Gasteiger partial charge on any atom is -0.708 e. The van der Waals surface area contributed by atoms with Crippen LogP contribution in [0.2, 0.25) is 0 Å². The average Bonchev–Trinajstić information content (AvgIpc) is 2.60. The molecular weight excluding hydrogens is 214 g/mol. The summed E-state index contributed by atoms with van der Waals surface area (Å²) in [6.45, 7) is 1.51.